The third kappa shape index (κ3) is 17.2. The number of nitrogens with one attached hydrogen (secondary N) is 4. The van der Waals surface area contributed by atoms with Crippen LogP contribution in [0.2, 0.25) is 0 Å². The Balaban J connectivity index is 0.00000593. The van der Waals surface area contributed by atoms with Crippen molar-refractivity contribution in [1.29, 1.82) is 0 Å². The van der Waals surface area contributed by atoms with Gasteiger partial charge in [0.05, 0.1) is 46.0 Å². The number of aliphatic hydroxyl groups is 4. The molecule has 0 aliphatic carbocycles. The van der Waals surface area contributed by atoms with Gasteiger partial charge in [-0.3, -0.25) is 0 Å². The maximum absolute atomic E-state index is 12.7. The Hall–Kier alpha value is -5.08. The first-order valence-electron chi connectivity index (χ1n) is 20.6. The number of benzene rings is 4. The first-order chi connectivity index (χ1) is 34.0. The number of nitrogens with two attached hydrogens (primary N) is 2. The van der Waals surface area contributed by atoms with Crippen LogP contribution in [0.3, 0.4) is 0 Å². The van der Waals surface area contributed by atoms with Crippen molar-refractivity contribution in [2.24, 2.45) is 10.3 Å². The van der Waals surface area contributed by atoms with Gasteiger partial charge in [-0.25, -0.2) is 43.9 Å². The molecule has 2 heterocycles. The zero-order valence-electron chi connectivity index (χ0n) is 39.1. The van der Waals surface area contributed by atoms with E-state index in [1.807, 2.05) is 0 Å². The van der Waals surface area contributed by atoms with Gasteiger partial charge in [0, 0.05) is 48.9 Å². The van der Waals surface area contributed by atoms with Gasteiger partial charge in [0.25, 0.3) is 0 Å². The van der Waals surface area contributed by atoms with E-state index in [1.165, 1.54) is 82.6 Å². The summed E-state index contributed by atoms with van der Waals surface area (Å²) in [5.74, 6) is -0.877. The van der Waals surface area contributed by atoms with E-state index < -0.39 is 50.1 Å². The van der Waals surface area contributed by atoms with E-state index in [1.54, 1.807) is 0 Å². The summed E-state index contributed by atoms with van der Waals surface area (Å²) in [7, 11) is -18.6. The van der Waals surface area contributed by atoms with Crippen molar-refractivity contribution in [3.05, 3.63) is 96.1 Å². The number of rotatable bonds is 24. The van der Waals surface area contributed by atoms with Gasteiger partial charge in [0.15, 0.2) is 0 Å². The maximum Gasteiger partial charge on any atom is 1.00 e. The molecule has 6 aromatic rings. The molecule has 0 spiro atoms. The molecule has 4 aromatic carbocycles. The topological polar surface area (TPSA) is 448 Å². The SMILES string of the molecule is NS(=O)(=O)c1ccc(Nc2nc(Nc3ccc(C=Cc4ccc(Nc5nc(Nc6ccc(S(N)(=O)=O)cc6)nc(N(CCO)CCO)n5)cc4S(=O)(=O)[O-])c(S(=O)(=O)[O-])c3)nc(N(CCO)CCO)n2)cc1.[Na+].[Na+]. The Morgan fingerprint density at radius 3 is 0.973 bits per heavy atom. The summed E-state index contributed by atoms with van der Waals surface area (Å²) in [6.07, 6.45) is 2.17. The van der Waals surface area contributed by atoms with E-state index in [-0.39, 0.29) is 180 Å². The number of anilines is 10. The molecule has 0 amide bonds. The smallest absolute Gasteiger partial charge is 0.744 e. The monoisotopic (exact) mass is 1120 g/mol. The number of hydrogen-bond acceptors (Lipinski definition) is 26. The molecule has 28 nitrogen and oxygen atoms in total. The van der Waals surface area contributed by atoms with Crippen molar-refractivity contribution >= 4 is 111 Å². The van der Waals surface area contributed by atoms with Crippen LogP contribution in [-0.4, -0.2) is 146 Å². The number of nitrogens with zero attached hydrogens (tertiary/aromatic N) is 8. The van der Waals surface area contributed by atoms with Crippen LogP contribution in [0.4, 0.5) is 58.4 Å². The van der Waals surface area contributed by atoms with Crippen molar-refractivity contribution in [3.8, 4) is 0 Å². The fourth-order valence-electron chi connectivity index (χ4n) is 6.43. The summed E-state index contributed by atoms with van der Waals surface area (Å²) in [5, 5.41) is 60.3. The average Bonchev–Trinajstić information content (AvgIpc) is 3.30. The van der Waals surface area contributed by atoms with Gasteiger partial charge in [-0.2, -0.15) is 29.9 Å². The molecule has 0 aliphatic rings. The zero-order valence-corrected chi connectivity index (χ0v) is 46.4. The minimum atomic E-state index is -5.28. The van der Waals surface area contributed by atoms with Gasteiger partial charge < -0.3 is 60.6 Å². The predicted molar refractivity (Wildman–Crippen MR) is 259 cm³/mol. The Labute approximate surface area is 468 Å². The summed E-state index contributed by atoms with van der Waals surface area (Å²) < 4.78 is 123. The first kappa shape index (κ1) is 61.5. The van der Waals surface area contributed by atoms with Crippen LogP contribution in [0, 0.1) is 0 Å². The Bertz CT molecular complexity index is 3170. The van der Waals surface area contributed by atoms with Crippen LogP contribution in [0.5, 0.6) is 0 Å². The third-order valence-electron chi connectivity index (χ3n) is 9.69. The molecule has 0 radical (unpaired) electrons. The molecule has 384 valence electrons. The summed E-state index contributed by atoms with van der Waals surface area (Å²) in [6, 6.07) is 17.3. The first-order valence-corrected chi connectivity index (χ1v) is 26.6. The Morgan fingerprint density at radius 2 is 0.716 bits per heavy atom. The van der Waals surface area contributed by atoms with Crippen molar-refractivity contribution in [3.63, 3.8) is 0 Å². The van der Waals surface area contributed by atoms with E-state index in [9.17, 15) is 63.2 Å². The summed E-state index contributed by atoms with van der Waals surface area (Å²) in [5.41, 5.74) is 0.0227. The van der Waals surface area contributed by atoms with Crippen LogP contribution >= 0.6 is 0 Å². The standard InChI is InChI=1S/C40H46N14O14S4.2Na/c41-69(59,60)31-11-7-27(8-12-31)43-35-47-37(51-39(49-35)53(15-19-55)16-20-56)45-29-5-3-25(33(23-29)71(63,64)65)1-2-26-4-6-30(24-34(26)72(66,67)68)46-38-48-36(50-40(52-38)54(17-21-57)18-22-58)44-28-9-13-32(14-10-28)70(42,61)62;;/h1-14,23-24,55-58H,15-22H2,(H2,41,59,60)(H2,42,61,62)(H,63,64,65)(H,66,67,68)(H2,43,45,47,49,51)(H2,44,46,48,50,52);;/q;2*+1/p-2. The second-order valence-electron chi connectivity index (χ2n) is 14.8. The van der Waals surface area contributed by atoms with Gasteiger partial charge in [0.1, 0.15) is 20.2 Å². The molecule has 0 atom stereocenters. The molecule has 12 N–H and O–H groups in total. The largest absolute Gasteiger partial charge is 1.00 e. The minimum Gasteiger partial charge on any atom is -0.744 e. The second kappa shape index (κ2) is 26.6. The summed E-state index contributed by atoms with van der Waals surface area (Å²) >= 11 is 0. The molecule has 74 heavy (non-hydrogen) atoms. The van der Waals surface area contributed by atoms with Gasteiger partial charge in [-0.15, -0.1) is 0 Å². The molecule has 6 rings (SSSR count). The number of sulfonamides is 2. The fraction of sp³-hybridized carbons (Fsp3) is 0.200. The molecular formula is C40H44N14Na2O14S4. The molecule has 0 fully saturated rings. The van der Waals surface area contributed by atoms with Crippen LogP contribution in [0.1, 0.15) is 11.1 Å². The fourth-order valence-corrected chi connectivity index (χ4v) is 8.85. The predicted octanol–water partition coefficient (Wildman–Crippen LogP) is -6.11. The number of aromatic nitrogens is 6. The molecule has 2 aromatic heterocycles. The minimum absolute atomic E-state index is 0. The summed E-state index contributed by atoms with van der Waals surface area (Å²) in [4.78, 5) is 26.7. The zero-order chi connectivity index (χ0) is 52.4. The van der Waals surface area contributed by atoms with Crippen LogP contribution in [-0.2, 0) is 40.3 Å². The third-order valence-corrected chi connectivity index (χ3v) is 13.3. The van der Waals surface area contributed by atoms with Gasteiger partial charge in [-0.1, -0.05) is 24.3 Å². The molecular weight excluding hydrogens is 1070 g/mol. The molecule has 34 heteroatoms. The average molecular weight is 1120 g/mol. The van der Waals surface area contributed by atoms with Crippen molar-refractivity contribution in [2.45, 2.75) is 19.6 Å². The van der Waals surface area contributed by atoms with E-state index >= 15 is 0 Å². The van der Waals surface area contributed by atoms with Crippen molar-refractivity contribution < 1.29 is 122 Å². The normalized spacial score (nSPS) is 11.8. The van der Waals surface area contributed by atoms with Crippen molar-refractivity contribution in [2.75, 3.05) is 83.7 Å². The molecule has 0 saturated carbocycles. The number of aliphatic hydroxyl groups excluding tert-OH is 4. The summed E-state index contributed by atoms with van der Waals surface area (Å²) in [6.45, 7) is -1.65. The molecule has 0 bridgehead atoms. The van der Waals surface area contributed by atoms with Gasteiger partial charge in [-0.05, 0) is 83.9 Å². The van der Waals surface area contributed by atoms with E-state index in [0.717, 1.165) is 24.3 Å². The van der Waals surface area contributed by atoms with Gasteiger partial charge >= 0.3 is 59.1 Å². The second-order valence-corrected chi connectivity index (χ2v) is 20.6. The quantitative estimate of drug-likeness (QED) is 0.0153. The molecule has 0 saturated heterocycles. The van der Waals surface area contributed by atoms with Crippen LogP contribution in [0.15, 0.2) is 105 Å². The van der Waals surface area contributed by atoms with Crippen LogP contribution in [0.25, 0.3) is 12.2 Å². The Kier molecular flexibility index (Phi) is 22.1. The number of hydrogen-bond donors (Lipinski definition) is 10. The molecule has 0 aliphatic heterocycles. The maximum atomic E-state index is 12.7. The Morgan fingerprint density at radius 1 is 0.446 bits per heavy atom. The molecule has 0 unspecified atom stereocenters. The van der Waals surface area contributed by atoms with Crippen molar-refractivity contribution in [1.82, 2.24) is 29.9 Å². The van der Waals surface area contributed by atoms with Crippen LogP contribution < -0.4 is 100 Å². The van der Waals surface area contributed by atoms with E-state index in [4.69, 9.17) is 10.3 Å². The van der Waals surface area contributed by atoms with E-state index in [0.29, 0.717) is 11.4 Å². The van der Waals surface area contributed by atoms with E-state index in [2.05, 4.69) is 51.2 Å². The van der Waals surface area contributed by atoms with Gasteiger partial charge in [0.2, 0.25) is 55.7 Å². The number of primary sulfonamides is 2.